The summed E-state index contributed by atoms with van der Waals surface area (Å²) < 4.78 is 40.1. The van der Waals surface area contributed by atoms with Gasteiger partial charge in [0.1, 0.15) is 29.1 Å². The van der Waals surface area contributed by atoms with Crippen LogP contribution in [0.1, 0.15) is 54.7 Å². The Balaban J connectivity index is 0.00000136. The van der Waals surface area contributed by atoms with Crippen LogP contribution in [0.3, 0.4) is 0 Å². The van der Waals surface area contributed by atoms with Gasteiger partial charge in [0.25, 0.3) is 5.91 Å². The van der Waals surface area contributed by atoms with Crippen LogP contribution in [-0.4, -0.2) is 93.0 Å². The highest BCUT2D eigenvalue weighted by atomic mass is 35.5. The molecule has 4 aromatic rings. The number of anilines is 2. The summed E-state index contributed by atoms with van der Waals surface area (Å²) in [4.78, 5) is 35.5. The zero-order chi connectivity index (χ0) is 36.4. The number of aromatic nitrogens is 4. The largest absolute Gasteiger partial charge is 0.461 e. The lowest BCUT2D eigenvalue weighted by Crippen LogP contribution is -2.49. The summed E-state index contributed by atoms with van der Waals surface area (Å²) in [5, 5.41) is 9.35. The average Bonchev–Trinajstić information content (AvgIpc) is 3.87. The molecule has 15 heteroatoms. The number of benzene rings is 2. The fourth-order valence-electron chi connectivity index (χ4n) is 7.95. The molecule has 0 spiro atoms. The number of nitriles is 1. The van der Waals surface area contributed by atoms with E-state index in [4.69, 9.17) is 31.6 Å². The molecule has 6 heterocycles. The molecule has 272 valence electrons. The van der Waals surface area contributed by atoms with Gasteiger partial charge >= 0.3 is 6.01 Å². The summed E-state index contributed by atoms with van der Waals surface area (Å²) in [6.45, 7) is 8.68. The Hall–Kier alpha value is -4.45. The van der Waals surface area contributed by atoms with Crippen LogP contribution in [-0.2, 0) is 17.8 Å². The molecule has 0 N–H and O–H groups in total. The monoisotopic (exact) mass is 747 g/mol. The summed E-state index contributed by atoms with van der Waals surface area (Å²) in [5.74, 6) is -0.612. The standard InChI is InChI=1S/C35H37ClF2N8O2S.C2H3N/c1-22-39-29(49-42-22)19-26(38)33(47)44-17-15-43(16-18-44)32-24-9-14-45(28-6-2-5-23-7-8-25(37)31(36)30(23)28)20-27(24)40-34(41-32)48-21-35-10-3-12-46(35)13-4-11-35;1-2-3/h2,5-8,19H,3-4,9-18,20-21H2,1H3;1H3/b26-19-;. The first kappa shape index (κ1) is 35.9. The predicted octanol–water partition coefficient (Wildman–Crippen LogP) is 6.34. The number of rotatable bonds is 7. The first-order chi connectivity index (χ1) is 25.2. The molecule has 4 aliphatic rings. The number of carbonyl (C=O) groups excluding carboxylic acids is 1. The molecule has 11 nitrogen and oxygen atoms in total. The highest BCUT2D eigenvalue weighted by molar-refractivity contribution is 7.06. The van der Waals surface area contributed by atoms with Crippen molar-refractivity contribution in [3.63, 3.8) is 0 Å². The molecule has 0 aliphatic carbocycles. The molecule has 3 fully saturated rings. The van der Waals surface area contributed by atoms with E-state index < -0.39 is 17.6 Å². The number of nitrogens with zero attached hydrogens (tertiary/aromatic N) is 9. The third-order valence-corrected chi connectivity index (χ3v) is 11.5. The Labute approximate surface area is 310 Å². The van der Waals surface area contributed by atoms with Crippen molar-refractivity contribution in [2.24, 2.45) is 0 Å². The lowest BCUT2D eigenvalue weighted by molar-refractivity contribution is -0.128. The quantitative estimate of drug-likeness (QED) is 0.199. The zero-order valence-electron chi connectivity index (χ0n) is 29.2. The molecule has 4 aliphatic heterocycles. The number of fused-ring (bicyclic) bond motifs is 3. The van der Waals surface area contributed by atoms with Crippen molar-refractivity contribution in [3.8, 4) is 12.1 Å². The van der Waals surface area contributed by atoms with Crippen molar-refractivity contribution in [3.05, 3.63) is 69.1 Å². The summed E-state index contributed by atoms with van der Waals surface area (Å²) in [5.41, 5.74) is 2.77. The number of aryl methyl sites for hydroxylation is 1. The van der Waals surface area contributed by atoms with Gasteiger partial charge in [-0.15, -0.1) is 0 Å². The van der Waals surface area contributed by atoms with Gasteiger partial charge in [-0.25, -0.2) is 13.8 Å². The smallest absolute Gasteiger partial charge is 0.318 e. The van der Waals surface area contributed by atoms with Crippen LogP contribution in [0.25, 0.3) is 16.8 Å². The number of halogens is 3. The zero-order valence-corrected chi connectivity index (χ0v) is 30.8. The second-order valence-electron chi connectivity index (χ2n) is 13.5. The number of amides is 1. The molecule has 0 radical (unpaired) electrons. The van der Waals surface area contributed by atoms with E-state index in [0.717, 1.165) is 71.7 Å². The van der Waals surface area contributed by atoms with Crippen molar-refractivity contribution < 1.29 is 18.3 Å². The Bertz CT molecular complexity index is 2040. The van der Waals surface area contributed by atoms with Crippen molar-refractivity contribution >= 4 is 57.4 Å². The molecule has 3 saturated heterocycles. The molecule has 8 rings (SSSR count). The molecule has 2 aromatic heterocycles. The molecular formula is C37H40ClF2N9O2S. The molecule has 0 atom stereocenters. The van der Waals surface area contributed by atoms with Crippen LogP contribution in [0.15, 0.2) is 36.2 Å². The maximum absolute atomic E-state index is 14.9. The number of hydrogen-bond acceptors (Lipinski definition) is 11. The summed E-state index contributed by atoms with van der Waals surface area (Å²) in [6, 6.07) is 11.1. The molecular weight excluding hydrogens is 708 g/mol. The molecule has 0 saturated carbocycles. The van der Waals surface area contributed by atoms with Gasteiger partial charge in [0.2, 0.25) is 0 Å². The van der Waals surface area contributed by atoms with Crippen LogP contribution >= 0.6 is 23.1 Å². The van der Waals surface area contributed by atoms with Crippen LogP contribution in [0, 0.1) is 24.1 Å². The van der Waals surface area contributed by atoms with E-state index in [2.05, 4.69) is 24.1 Å². The van der Waals surface area contributed by atoms with E-state index in [1.165, 1.54) is 30.7 Å². The van der Waals surface area contributed by atoms with Gasteiger partial charge in [0.05, 0.1) is 28.9 Å². The maximum Gasteiger partial charge on any atom is 0.318 e. The van der Waals surface area contributed by atoms with Gasteiger partial charge in [-0.2, -0.15) is 19.6 Å². The molecule has 0 bridgehead atoms. The van der Waals surface area contributed by atoms with Crippen molar-refractivity contribution in [2.45, 2.75) is 58.0 Å². The second-order valence-corrected chi connectivity index (χ2v) is 14.7. The Morgan fingerprint density at radius 3 is 2.52 bits per heavy atom. The highest BCUT2D eigenvalue weighted by Crippen LogP contribution is 2.40. The second kappa shape index (κ2) is 15.3. The lowest BCUT2D eigenvalue weighted by atomic mass is 9.95. The minimum Gasteiger partial charge on any atom is -0.461 e. The average molecular weight is 748 g/mol. The minimum atomic E-state index is -0.847. The van der Waals surface area contributed by atoms with Crippen LogP contribution in [0.5, 0.6) is 6.01 Å². The number of hydrogen-bond donors (Lipinski definition) is 0. The molecule has 1 amide bonds. The van der Waals surface area contributed by atoms with E-state index in [1.807, 2.05) is 18.2 Å². The summed E-state index contributed by atoms with van der Waals surface area (Å²) in [6.07, 6.45) is 6.36. The third-order valence-electron chi connectivity index (χ3n) is 10.4. The molecule has 52 heavy (non-hydrogen) atoms. The fourth-order valence-corrected chi connectivity index (χ4v) is 8.81. The first-order valence-corrected chi connectivity index (χ1v) is 18.8. The van der Waals surface area contributed by atoms with Gasteiger partial charge in [0, 0.05) is 62.4 Å². The van der Waals surface area contributed by atoms with E-state index >= 15 is 0 Å². The predicted molar refractivity (Wildman–Crippen MR) is 198 cm³/mol. The highest BCUT2D eigenvalue weighted by Gasteiger charge is 2.45. The number of ether oxygens (including phenoxy) is 1. The van der Waals surface area contributed by atoms with Gasteiger partial charge in [-0.3, -0.25) is 9.69 Å². The Morgan fingerprint density at radius 2 is 1.81 bits per heavy atom. The van der Waals surface area contributed by atoms with Gasteiger partial charge in [-0.1, -0.05) is 29.8 Å². The minimum absolute atomic E-state index is 0.0339. The van der Waals surface area contributed by atoms with Crippen molar-refractivity contribution in [1.82, 2.24) is 29.1 Å². The molecule has 2 aromatic carbocycles. The van der Waals surface area contributed by atoms with E-state index in [1.54, 1.807) is 19.1 Å². The third kappa shape index (κ3) is 7.14. The van der Waals surface area contributed by atoms with E-state index in [0.29, 0.717) is 74.5 Å². The van der Waals surface area contributed by atoms with Crippen LogP contribution in [0.4, 0.5) is 20.3 Å². The lowest BCUT2D eigenvalue weighted by Gasteiger charge is -2.38. The number of carbonyl (C=O) groups is 1. The van der Waals surface area contributed by atoms with Gasteiger partial charge in [-0.05, 0) is 81.2 Å². The van der Waals surface area contributed by atoms with E-state index in [9.17, 15) is 13.6 Å². The Morgan fingerprint density at radius 1 is 1.06 bits per heavy atom. The van der Waals surface area contributed by atoms with Crippen LogP contribution in [0.2, 0.25) is 5.02 Å². The van der Waals surface area contributed by atoms with E-state index in [-0.39, 0.29) is 10.6 Å². The van der Waals surface area contributed by atoms with Gasteiger partial charge < -0.3 is 19.4 Å². The Kier molecular flexibility index (Phi) is 10.5. The van der Waals surface area contributed by atoms with Crippen molar-refractivity contribution in [2.75, 3.05) is 62.2 Å². The van der Waals surface area contributed by atoms with Gasteiger partial charge in [0.15, 0.2) is 5.83 Å². The normalized spacial score (nSPS) is 18.5. The SMILES string of the molecule is CC#N.Cc1nsc(/C=C(\F)C(=O)N2CCN(c3nc(OCC45CCCN4CCC5)nc4c3CCN(c3cccc5ccc(F)c(Cl)c35)C4)CC2)n1. The maximum atomic E-state index is 14.9. The first-order valence-electron chi connectivity index (χ1n) is 17.6. The summed E-state index contributed by atoms with van der Waals surface area (Å²) >= 11 is 7.59. The van der Waals surface area contributed by atoms with Crippen molar-refractivity contribution in [1.29, 1.82) is 5.26 Å². The number of piperazine rings is 1. The summed E-state index contributed by atoms with van der Waals surface area (Å²) in [7, 11) is 0. The van der Waals surface area contributed by atoms with Crippen LogP contribution < -0.4 is 14.5 Å². The molecule has 0 unspecified atom stereocenters. The fraction of sp³-hybridized carbons (Fsp3) is 0.459. The topological polar surface area (TPSA) is 115 Å².